The van der Waals surface area contributed by atoms with Crippen LogP contribution in [0.2, 0.25) is 0 Å². The second-order valence-electron chi connectivity index (χ2n) is 7.04. The number of ether oxygens (including phenoxy) is 3. The third kappa shape index (κ3) is 4.32. The number of carbonyl (C=O) groups excluding carboxylic acids is 2. The van der Waals surface area contributed by atoms with E-state index in [4.69, 9.17) is 14.2 Å². The van der Waals surface area contributed by atoms with Gasteiger partial charge in [-0.05, 0) is 37.3 Å². The molecule has 0 aliphatic carbocycles. The average molecular weight is 435 g/mol. The first-order chi connectivity index (χ1) is 14.4. The molecule has 0 spiro atoms. The lowest BCUT2D eigenvalue weighted by Crippen LogP contribution is -2.40. The topological polar surface area (TPSA) is 102 Å². The Balaban J connectivity index is 2.00. The highest BCUT2D eigenvalue weighted by atomic mass is 32.2. The number of benzene rings is 1. The van der Waals surface area contributed by atoms with Gasteiger partial charge in [0.2, 0.25) is 0 Å². The molecule has 30 heavy (non-hydrogen) atoms. The number of thioether (sulfide) groups is 1. The van der Waals surface area contributed by atoms with Crippen molar-refractivity contribution in [3.63, 3.8) is 0 Å². The molecule has 162 valence electrons. The van der Waals surface area contributed by atoms with Gasteiger partial charge in [0.15, 0.2) is 17.3 Å². The molecule has 9 heteroatoms. The Labute approximate surface area is 179 Å². The molecule has 1 aromatic rings. The largest absolute Gasteiger partial charge is 0.493 e. The zero-order valence-corrected chi connectivity index (χ0v) is 18.0. The number of ketones is 1. The van der Waals surface area contributed by atoms with Gasteiger partial charge in [-0.2, -0.15) is 0 Å². The van der Waals surface area contributed by atoms with E-state index in [9.17, 15) is 19.5 Å². The van der Waals surface area contributed by atoms with Crippen LogP contribution in [0.4, 0.5) is 0 Å². The van der Waals surface area contributed by atoms with Crippen LogP contribution in [0.5, 0.6) is 11.5 Å². The Kier molecular flexibility index (Phi) is 7.04. The van der Waals surface area contributed by atoms with E-state index in [0.717, 1.165) is 12.8 Å². The smallest absolute Gasteiger partial charge is 0.308 e. The maximum Gasteiger partial charge on any atom is 0.308 e. The lowest BCUT2D eigenvalue weighted by atomic mass is 9.98. The number of carboxylic acid groups (broad SMARTS) is 1. The van der Waals surface area contributed by atoms with Gasteiger partial charge in [0.1, 0.15) is 5.37 Å². The van der Waals surface area contributed by atoms with Gasteiger partial charge in [-0.1, -0.05) is 0 Å². The van der Waals surface area contributed by atoms with Crippen molar-refractivity contribution in [1.29, 1.82) is 0 Å². The fourth-order valence-electron chi connectivity index (χ4n) is 3.84. The van der Waals surface area contributed by atoms with E-state index < -0.39 is 29.5 Å². The number of hydrogen-bond donors (Lipinski definition) is 1. The summed E-state index contributed by atoms with van der Waals surface area (Å²) in [6.45, 7) is 0.972. The van der Waals surface area contributed by atoms with Gasteiger partial charge in [0.05, 0.1) is 26.7 Å². The molecule has 1 fully saturated rings. The van der Waals surface area contributed by atoms with Crippen molar-refractivity contribution in [1.82, 2.24) is 4.90 Å². The summed E-state index contributed by atoms with van der Waals surface area (Å²) in [6, 6.07) is 4.73. The van der Waals surface area contributed by atoms with Gasteiger partial charge in [0.25, 0.3) is 5.91 Å². The van der Waals surface area contributed by atoms with E-state index in [1.165, 1.54) is 32.0 Å². The lowest BCUT2D eigenvalue weighted by Gasteiger charge is -2.27. The van der Waals surface area contributed by atoms with Crippen LogP contribution in [0.25, 0.3) is 0 Å². The van der Waals surface area contributed by atoms with E-state index in [1.807, 2.05) is 0 Å². The van der Waals surface area contributed by atoms with Crippen LogP contribution >= 0.6 is 11.8 Å². The SMILES string of the molecule is COc1ccc(C(=O)C2=C(CC(=O)O)C(=O)N(C[C@H]3CCCO3)[C@@H]2SC)cc1OC. The van der Waals surface area contributed by atoms with Gasteiger partial charge < -0.3 is 24.2 Å². The Bertz CT molecular complexity index is 876. The Morgan fingerprint density at radius 3 is 2.57 bits per heavy atom. The van der Waals surface area contributed by atoms with E-state index in [-0.39, 0.29) is 17.3 Å². The average Bonchev–Trinajstić information content (AvgIpc) is 3.34. The Hall–Kier alpha value is -2.52. The summed E-state index contributed by atoms with van der Waals surface area (Å²) >= 11 is 1.33. The number of aliphatic carboxylic acids is 1. The maximum absolute atomic E-state index is 13.4. The molecule has 3 rings (SSSR count). The predicted molar refractivity (Wildman–Crippen MR) is 111 cm³/mol. The standard InChI is InChI=1S/C21H25NO7S/c1-27-15-7-6-12(9-16(15)28-2)19(25)18-14(10-17(23)24)20(26)22(21(18)30-3)11-13-5-4-8-29-13/h6-7,9,13,21H,4-5,8,10-11H2,1-3H3,(H,23,24)/t13-,21-/m1/s1. The third-order valence-corrected chi connectivity index (χ3v) is 6.18. The zero-order valence-electron chi connectivity index (χ0n) is 17.2. The molecule has 0 aromatic heterocycles. The van der Waals surface area contributed by atoms with Crippen LogP contribution in [0.1, 0.15) is 29.6 Å². The molecular formula is C21H25NO7S. The summed E-state index contributed by atoms with van der Waals surface area (Å²) in [7, 11) is 2.96. The molecular weight excluding hydrogens is 410 g/mol. The van der Waals surface area contributed by atoms with Crippen LogP contribution in [-0.4, -0.2) is 72.8 Å². The van der Waals surface area contributed by atoms with Crippen LogP contribution in [0, 0.1) is 0 Å². The van der Waals surface area contributed by atoms with Crippen molar-refractivity contribution < 1.29 is 33.7 Å². The monoisotopic (exact) mass is 435 g/mol. The summed E-state index contributed by atoms with van der Waals surface area (Å²) in [4.78, 5) is 39.6. The zero-order chi connectivity index (χ0) is 21.8. The third-order valence-electron chi connectivity index (χ3n) is 5.24. The van der Waals surface area contributed by atoms with Crippen molar-refractivity contribution in [2.24, 2.45) is 0 Å². The van der Waals surface area contributed by atoms with Crippen LogP contribution < -0.4 is 9.47 Å². The molecule has 2 heterocycles. The molecule has 1 saturated heterocycles. The lowest BCUT2D eigenvalue weighted by molar-refractivity contribution is -0.137. The van der Waals surface area contributed by atoms with Gasteiger partial charge in [-0.3, -0.25) is 14.4 Å². The van der Waals surface area contributed by atoms with Crippen LogP contribution in [-0.2, 0) is 14.3 Å². The fraction of sp³-hybridized carbons (Fsp3) is 0.476. The minimum Gasteiger partial charge on any atom is -0.493 e. The molecule has 2 aliphatic heterocycles. The number of rotatable bonds is 9. The van der Waals surface area contributed by atoms with Crippen LogP contribution in [0.3, 0.4) is 0 Å². The van der Waals surface area contributed by atoms with E-state index in [0.29, 0.717) is 30.2 Å². The molecule has 0 radical (unpaired) electrons. The first-order valence-corrected chi connectivity index (χ1v) is 10.9. The van der Waals surface area contributed by atoms with Crippen LogP contribution in [0.15, 0.2) is 29.3 Å². The van der Waals surface area contributed by atoms with Crippen molar-refractivity contribution >= 4 is 29.4 Å². The van der Waals surface area contributed by atoms with Crippen molar-refractivity contribution in [2.75, 3.05) is 33.6 Å². The molecule has 0 bridgehead atoms. The molecule has 2 aliphatic rings. The van der Waals surface area contributed by atoms with Gasteiger partial charge in [-0.25, -0.2) is 0 Å². The Morgan fingerprint density at radius 1 is 1.27 bits per heavy atom. The van der Waals surface area contributed by atoms with Gasteiger partial charge in [-0.15, -0.1) is 11.8 Å². The highest BCUT2D eigenvalue weighted by Crippen LogP contribution is 2.38. The highest BCUT2D eigenvalue weighted by Gasteiger charge is 2.43. The first kappa shape index (κ1) is 22.2. The summed E-state index contributed by atoms with van der Waals surface area (Å²) in [5, 5.41) is 8.78. The second kappa shape index (κ2) is 9.53. The summed E-state index contributed by atoms with van der Waals surface area (Å²) in [5.74, 6) is -1.12. The second-order valence-corrected chi connectivity index (χ2v) is 7.96. The number of carbonyl (C=O) groups is 3. The quantitative estimate of drug-likeness (QED) is 0.590. The van der Waals surface area contributed by atoms with Gasteiger partial charge in [0, 0.05) is 29.9 Å². The summed E-state index contributed by atoms with van der Waals surface area (Å²) in [5.41, 5.74) is 0.538. The predicted octanol–water partition coefficient (Wildman–Crippen LogP) is 2.37. The first-order valence-electron chi connectivity index (χ1n) is 9.58. The van der Waals surface area contributed by atoms with Crippen molar-refractivity contribution in [2.45, 2.75) is 30.7 Å². The maximum atomic E-state index is 13.4. The number of nitrogens with zero attached hydrogens (tertiary/aromatic N) is 1. The number of amides is 1. The minimum atomic E-state index is -1.16. The highest BCUT2D eigenvalue weighted by molar-refractivity contribution is 7.99. The van der Waals surface area contributed by atoms with Gasteiger partial charge >= 0.3 is 5.97 Å². The van der Waals surface area contributed by atoms with E-state index in [1.54, 1.807) is 23.3 Å². The molecule has 8 nitrogen and oxygen atoms in total. The minimum absolute atomic E-state index is 0.0274. The number of carboxylic acids is 1. The number of Topliss-reactive ketones (excluding diaryl/α,β-unsaturated/α-hetero) is 1. The molecule has 1 N–H and O–H groups in total. The van der Waals surface area contributed by atoms with Crippen molar-refractivity contribution in [3.05, 3.63) is 34.9 Å². The Morgan fingerprint density at radius 2 is 2.00 bits per heavy atom. The fourth-order valence-corrected chi connectivity index (χ4v) is 4.76. The van der Waals surface area contributed by atoms with Crippen molar-refractivity contribution in [3.8, 4) is 11.5 Å². The number of methoxy groups -OCH3 is 2. The molecule has 0 unspecified atom stereocenters. The normalized spacial score (nSPS) is 21.3. The van der Waals surface area contributed by atoms with E-state index >= 15 is 0 Å². The van der Waals surface area contributed by atoms with E-state index in [2.05, 4.69) is 0 Å². The molecule has 2 atom stereocenters. The molecule has 1 aromatic carbocycles. The number of hydrogen-bond acceptors (Lipinski definition) is 7. The summed E-state index contributed by atoms with van der Waals surface area (Å²) < 4.78 is 16.1. The molecule has 1 amide bonds. The summed E-state index contributed by atoms with van der Waals surface area (Å²) in [6.07, 6.45) is 2.94. The molecule has 0 saturated carbocycles.